The van der Waals surface area contributed by atoms with Crippen molar-refractivity contribution in [2.45, 2.75) is 25.3 Å². The summed E-state index contributed by atoms with van der Waals surface area (Å²) >= 11 is 0. The number of nitrogens with one attached hydrogen (secondary N) is 1. The van der Waals surface area contributed by atoms with Crippen molar-refractivity contribution in [2.75, 3.05) is 24.2 Å². The Morgan fingerprint density at radius 2 is 2.41 bits per heavy atom. The number of nitrogens with two attached hydrogens (primary N) is 1. The maximum Gasteiger partial charge on any atom is 0.242 e. The molecule has 17 heavy (non-hydrogen) atoms. The summed E-state index contributed by atoms with van der Waals surface area (Å²) in [6, 6.07) is 3.64. The van der Waals surface area contributed by atoms with Crippen LogP contribution in [0.15, 0.2) is 18.3 Å². The number of carbonyl (C=O) groups is 1. The lowest BCUT2D eigenvalue weighted by Crippen LogP contribution is -2.49. The molecule has 1 amide bonds. The first kappa shape index (κ1) is 11.7. The molecule has 2 heterocycles. The molecule has 0 aliphatic carbocycles. The minimum absolute atomic E-state index is 0.0490. The van der Waals surface area contributed by atoms with E-state index in [1.165, 1.54) is 0 Å². The molecule has 1 aliphatic rings. The van der Waals surface area contributed by atoms with Crippen molar-refractivity contribution in [3.8, 4) is 0 Å². The molecule has 2 rings (SSSR count). The Morgan fingerprint density at radius 1 is 1.59 bits per heavy atom. The highest BCUT2D eigenvalue weighted by atomic mass is 16.2. The number of amides is 1. The van der Waals surface area contributed by atoms with Crippen molar-refractivity contribution >= 4 is 17.4 Å². The Bertz CT molecular complexity index is 407. The van der Waals surface area contributed by atoms with Gasteiger partial charge in [-0.3, -0.25) is 4.79 Å². The van der Waals surface area contributed by atoms with E-state index in [9.17, 15) is 4.79 Å². The van der Waals surface area contributed by atoms with E-state index in [1.54, 1.807) is 13.2 Å². The molecule has 0 spiro atoms. The third-order valence-electron chi connectivity index (χ3n) is 3.18. The number of piperidine rings is 1. The van der Waals surface area contributed by atoms with Crippen molar-refractivity contribution in [2.24, 2.45) is 0 Å². The normalized spacial score (nSPS) is 20.1. The van der Waals surface area contributed by atoms with Crippen LogP contribution in [0.3, 0.4) is 0 Å². The average Bonchev–Trinajstić information content (AvgIpc) is 2.38. The van der Waals surface area contributed by atoms with E-state index >= 15 is 0 Å². The first-order chi connectivity index (χ1) is 8.24. The molecular formula is C12H18N4O. The molecule has 3 N–H and O–H groups in total. The van der Waals surface area contributed by atoms with Crippen molar-refractivity contribution < 1.29 is 4.79 Å². The Kier molecular flexibility index (Phi) is 3.46. The molecule has 1 aromatic heterocycles. The second-order valence-corrected chi connectivity index (χ2v) is 4.23. The molecule has 0 bridgehead atoms. The van der Waals surface area contributed by atoms with Crippen molar-refractivity contribution in [3.63, 3.8) is 0 Å². The molecule has 0 radical (unpaired) electrons. The number of nitrogen functional groups attached to an aromatic ring is 1. The quantitative estimate of drug-likeness (QED) is 0.793. The maximum atomic E-state index is 11.8. The van der Waals surface area contributed by atoms with Crippen LogP contribution in [0.25, 0.3) is 0 Å². The summed E-state index contributed by atoms with van der Waals surface area (Å²) in [5, 5.41) is 2.71. The van der Waals surface area contributed by atoms with Gasteiger partial charge in [0, 0.05) is 19.8 Å². The predicted octanol–water partition coefficient (Wildman–Crippen LogP) is 0.769. The van der Waals surface area contributed by atoms with Gasteiger partial charge in [0.1, 0.15) is 11.9 Å². The number of pyridine rings is 1. The largest absolute Gasteiger partial charge is 0.382 e. The Hall–Kier alpha value is -1.78. The van der Waals surface area contributed by atoms with Gasteiger partial charge in [0.2, 0.25) is 5.91 Å². The number of rotatable bonds is 2. The summed E-state index contributed by atoms with van der Waals surface area (Å²) in [6.45, 7) is 0.855. The molecule has 1 fully saturated rings. The Balaban J connectivity index is 2.28. The zero-order valence-electron chi connectivity index (χ0n) is 10.0. The van der Waals surface area contributed by atoms with Crippen LogP contribution in [0.5, 0.6) is 0 Å². The van der Waals surface area contributed by atoms with Crippen molar-refractivity contribution in [1.29, 1.82) is 0 Å². The van der Waals surface area contributed by atoms with Crippen LogP contribution in [-0.4, -0.2) is 30.5 Å². The molecule has 92 valence electrons. The fraction of sp³-hybridized carbons (Fsp3) is 0.500. The van der Waals surface area contributed by atoms with Gasteiger partial charge in [0.25, 0.3) is 0 Å². The van der Waals surface area contributed by atoms with E-state index in [4.69, 9.17) is 5.73 Å². The molecule has 5 nitrogen and oxygen atoms in total. The fourth-order valence-corrected chi connectivity index (χ4v) is 2.31. The molecule has 0 aromatic carbocycles. The molecule has 1 saturated heterocycles. The zero-order chi connectivity index (χ0) is 12.3. The van der Waals surface area contributed by atoms with Gasteiger partial charge >= 0.3 is 0 Å². The molecule has 0 saturated carbocycles. The topological polar surface area (TPSA) is 71.2 Å². The predicted molar refractivity (Wildman–Crippen MR) is 67.7 cm³/mol. The van der Waals surface area contributed by atoms with E-state index in [2.05, 4.69) is 15.2 Å². The second-order valence-electron chi connectivity index (χ2n) is 4.23. The number of hydrogen-bond acceptors (Lipinski definition) is 4. The van der Waals surface area contributed by atoms with Gasteiger partial charge in [-0.1, -0.05) is 0 Å². The van der Waals surface area contributed by atoms with E-state index in [-0.39, 0.29) is 11.9 Å². The van der Waals surface area contributed by atoms with Crippen LogP contribution >= 0.6 is 0 Å². The molecule has 1 aliphatic heterocycles. The highest BCUT2D eigenvalue weighted by Gasteiger charge is 2.29. The zero-order valence-corrected chi connectivity index (χ0v) is 10.0. The van der Waals surface area contributed by atoms with E-state index in [0.29, 0.717) is 5.82 Å². The van der Waals surface area contributed by atoms with Gasteiger partial charge in [0.15, 0.2) is 0 Å². The number of likely N-dealkylation sites (N-methyl/N-ethyl adjacent to an activating group) is 1. The Morgan fingerprint density at radius 3 is 3.12 bits per heavy atom. The van der Waals surface area contributed by atoms with Gasteiger partial charge in [0.05, 0.1) is 5.69 Å². The number of anilines is 2. The molecule has 5 heteroatoms. The lowest BCUT2D eigenvalue weighted by molar-refractivity contribution is -0.122. The van der Waals surface area contributed by atoms with Crippen LogP contribution in [0.1, 0.15) is 19.3 Å². The average molecular weight is 234 g/mol. The van der Waals surface area contributed by atoms with Crippen LogP contribution in [-0.2, 0) is 4.79 Å². The third-order valence-corrected chi connectivity index (χ3v) is 3.18. The number of carbonyl (C=O) groups excluding carboxylic acids is 1. The van der Waals surface area contributed by atoms with Gasteiger partial charge in [-0.15, -0.1) is 0 Å². The second kappa shape index (κ2) is 5.03. The lowest BCUT2D eigenvalue weighted by atomic mass is 10.0. The highest BCUT2D eigenvalue weighted by Crippen LogP contribution is 2.28. The van der Waals surface area contributed by atoms with E-state index in [0.717, 1.165) is 31.5 Å². The summed E-state index contributed by atoms with van der Waals surface area (Å²) in [5.74, 6) is 0.538. The van der Waals surface area contributed by atoms with Crippen LogP contribution < -0.4 is 16.0 Å². The van der Waals surface area contributed by atoms with Crippen LogP contribution in [0, 0.1) is 0 Å². The number of aromatic nitrogens is 1. The number of hydrogen-bond donors (Lipinski definition) is 2. The summed E-state index contributed by atoms with van der Waals surface area (Å²) in [7, 11) is 1.67. The number of nitrogens with zero attached hydrogens (tertiary/aromatic N) is 2. The van der Waals surface area contributed by atoms with Gasteiger partial charge in [-0.25, -0.2) is 4.98 Å². The smallest absolute Gasteiger partial charge is 0.242 e. The first-order valence-corrected chi connectivity index (χ1v) is 5.92. The lowest BCUT2D eigenvalue weighted by Gasteiger charge is -2.36. The summed E-state index contributed by atoms with van der Waals surface area (Å²) in [4.78, 5) is 18.0. The van der Waals surface area contributed by atoms with E-state index < -0.39 is 0 Å². The molecule has 1 aromatic rings. The summed E-state index contributed by atoms with van der Waals surface area (Å²) < 4.78 is 0. The standard InChI is InChI=1S/C12H18N4O/c1-14-12(17)10-5-2-3-8-16(10)9-6-4-7-15-11(9)13/h4,6-7,10H,2-3,5,8H2,1H3,(H2,13,15)(H,14,17). The highest BCUT2D eigenvalue weighted by molar-refractivity contribution is 5.86. The first-order valence-electron chi connectivity index (χ1n) is 5.92. The molecule has 1 unspecified atom stereocenters. The van der Waals surface area contributed by atoms with Crippen molar-refractivity contribution in [3.05, 3.63) is 18.3 Å². The Labute approximate surface area is 101 Å². The van der Waals surface area contributed by atoms with Gasteiger partial charge in [-0.2, -0.15) is 0 Å². The van der Waals surface area contributed by atoms with Crippen molar-refractivity contribution in [1.82, 2.24) is 10.3 Å². The van der Waals surface area contributed by atoms with Crippen LogP contribution in [0.2, 0.25) is 0 Å². The maximum absolute atomic E-state index is 11.8. The van der Waals surface area contributed by atoms with Gasteiger partial charge < -0.3 is 16.0 Å². The minimum Gasteiger partial charge on any atom is -0.382 e. The summed E-state index contributed by atoms with van der Waals surface area (Å²) in [5.41, 5.74) is 6.73. The van der Waals surface area contributed by atoms with E-state index in [1.807, 2.05) is 12.1 Å². The minimum atomic E-state index is -0.125. The SMILES string of the molecule is CNC(=O)C1CCCCN1c1cccnc1N. The summed E-state index contributed by atoms with van der Waals surface area (Å²) in [6.07, 6.45) is 4.70. The third kappa shape index (κ3) is 2.33. The van der Waals surface area contributed by atoms with Gasteiger partial charge in [-0.05, 0) is 31.4 Å². The molecular weight excluding hydrogens is 216 g/mol. The molecule has 1 atom stereocenters. The fourth-order valence-electron chi connectivity index (χ4n) is 2.31. The van der Waals surface area contributed by atoms with Crippen LogP contribution in [0.4, 0.5) is 11.5 Å². The monoisotopic (exact) mass is 234 g/mol.